The van der Waals surface area contributed by atoms with Crippen molar-refractivity contribution in [3.63, 3.8) is 0 Å². The summed E-state index contributed by atoms with van der Waals surface area (Å²) in [6, 6.07) is 20.6. The third-order valence-corrected chi connectivity index (χ3v) is 4.02. The zero-order valence-corrected chi connectivity index (χ0v) is 18.2. The Morgan fingerprint density at radius 2 is 1.67 bits per heavy atom. The number of benzene rings is 2. The van der Waals surface area contributed by atoms with Crippen LogP contribution in [0.2, 0.25) is 0 Å². The predicted octanol–water partition coefficient (Wildman–Crippen LogP) is 3.40. The number of hydrogen-bond donors (Lipinski definition) is 0. The fourth-order valence-electron chi connectivity index (χ4n) is 2.57. The first-order valence-electron chi connectivity index (χ1n) is 9.87. The molecule has 0 amide bonds. The predicted molar refractivity (Wildman–Crippen MR) is 115 cm³/mol. The second kappa shape index (κ2) is 10.4. The Kier molecular flexibility index (Phi) is 7.92. The Balaban J connectivity index is 0.000000303. The third kappa shape index (κ3) is 6.58. The summed E-state index contributed by atoms with van der Waals surface area (Å²) in [5, 5.41) is 15.0. The average molecular weight is 408 g/mol. The van der Waals surface area contributed by atoms with Crippen molar-refractivity contribution in [2.75, 3.05) is 6.61 Å². The van der Waals surface area contributed by atoms with Crippen LogP contribution in [0.3, 0.4) is 0 Å². The summed E-state index contributed by atoms with van der Waals surface area (Å²) in [5.74, 6) is 0.107. The highest BCUT2D eigenvalue weighted by Gasteiger charge is 2.27. The van der Waals surface area contributed by atoms with Crippen molar-refractivity contribution in [3.05, 3.63) is 78.8 Å². The summed E-state index contributed by atoms with van der Waals surface area (Å²) in [5.41, 5.74) is 2.18. The molecule has 2 aromatic carbocycles. The Hall–Kier alpha value is -3.41. The zero-order valence-electron chi connectivity index (χ0n) is 18.2. The minimum absolute atomic E-state index is 0.0520. The van der Waals surface area contributed by atoms with E-state index in [4.69, 9.17) is 5.10 Å². The Morgan fingerprint density at radius 1 is 1.10 bits per heavy atom. The SMILES string of the molecule is CC(C)(C)n1c[n+](-c2ccccc2)c(-c2ccccc2)n1.CCOC(=O)/C=C(/C)[O-]. The van der Waals surface area contributed by atoms with Crippen LogP contribution in [0.5, 0.6) is 0 Å². The fraction of sp³-hybridized carbons (Fsp3) is 0.292. The number of carbonyl (C=O) groups is 1. The van der Waals surface area contributed by atoms with Crippen LogP contribution < -0.4 is 9.67 Å². The Labute approximate surface area is 178 Å². The normalized spacial score (nSPS) is 11.4. The minimum Gasteiger partial charge on any atom is -0.875 e. The molecule has 0 saturated carbocycles. The molecule has 6 heteroatoms. The monoisotopic (exact) mass is 407 g/mol. The third-order valence-electron chi connectivity index (χ3n) is 4.02. The van der Waals surface area contributed by atoms with Crippen molar-refractivity contribution < 1.29 is 19.2 Å². The van der Waals surface area contributed by atoms with E-state index in [1.54, 1.807) is 6.92 Å². The van der Waals surface area contributed by atoms with Crippen LogP contribution in [0.1, 0.15) is 34.6 Å². The molecular weight excluding hydrogens is 378 g/mol. The summed E-state index contributed by atoms with van der Waals surface area (Å²) >= 11 is 0. The number of hydrogen-bond acceptors (Lipinski definition) is 4. The topological polar surface area (TPSA) is 71.1 Å². The van der Waals surface area contributed by atoms with Crippen LogP contribution in [-0.2, 0) is 15.1 Å². The molecule has 3 rings (SSSR count). The number of nitrogens with zero attached hydrogens (tertiary/aromatic N) is 3. The molecule has 30 heavy (non-hydrogen) atoms. The average Bonchev–Trinajstić information content (AvgIpc) is 3.15. The first-order chi connectivity index (χ1) is 14.2. The first kappa shape index (κ1) is 22.9. The van der Waals surface area contributed by atoms with Gasteiger partial charge in [0.1, 0.15) is 11.2 Å². The van der Waals surface area contributed by atoms with E-state index in [1.807, 2.05) is 41.1 Å². The second-order valence-corrected chi connectivity index (χ2v) is 7.63. The lowest BCUT2D eigenvalue weighted by atomic mass is 10.1. The number of esters is 1. The molecule has 0 aliphatic carbocycles. The summed E-state index contributed by atoms with van der Waals surface area (Å²) in [7, 11) is 0. The van der Waals surface area contributed by atoms with Crippen LogP contribution in [0.4, 0.5) is 0 Å². The maximum absolute atomic E-state index is 10.4. The standard InChI is InChI=1S/C18H20N3.C6H10O3/c1-18(2,3)21-14-20(16-12-8-5-9-13-16)17(19-21)15-10-6-4-7-11-15;1-3-9-6(8)4-5(2)7/h4-14H,1-3H3;4,7H,3H2,1-2H3/q+1;/p-1/b;5-4-. The molecule has 0 N–H and O–H groups in total. The number of aromatic nitrogens is 3. The van der Waals surface area contributed by atoms with Gasteiger partial charge in [-0.05, 0) is 52.0 Å². The lowest BCUT2D eigenvalue weighted by Gasteiger charge is -2.10. The van der Waals surface area contributed by atoms with Gasteiger partial charge in [-0.25, -0.2) is 4.79 Å². The van der Waals surface area contributed by atoms with Gasteiger partial charge in [0.05, 0.1) is 12.2 Å². The molecule has 0 radical (unpaired) electrons. The lowest BCUT2D eigenvalue weighted by Crippen LogP contribution is -2.32. The number of allylic oxidation sites excluding steroid dienone is 1. The largest absolute Gasteiger partial charge is 0.875 e. The molecule has 1 aromatic heterocycles. The molecule has 0 saturated heterocycles. The summed E-state index contributed by atoms with van der Waals surface area (Å²) in [4.78, 5) is 10.4. The van der Waals surface area contributed by atoms with Crippen LogP contribution in [-0.4, -0.2) is 22.4 Å². The van der Waals surface area contributed by atoms with Gasteiger partial charge in [-0.3, -0.25) is 0 Å². The van der Waals surface area contributed by atoms with E-state index in [0.717, 1.165) is 23.2 Å². The molecule has 0 aliphatic heterocycles. The lowest BCUT2D eigenvalue weighted by molar-refractivity contribution is -0.585. The smallest absolute Gasteiger partial charge is 0.329 e. The van der Waals surface area contributed by atoms with Gasteiger partial charge in [0.25, 0.3) is 0 Å². The van der Waals surface area contributed by atoms with Crippen molar-refractivity contribution in [1.82, 2.24) is 9.78 Å². The van der Waals surface area contributed by atoms with Crippen molar-refractivity contribution in [2.45, 2.75) is 40.2 Å². The number of carbonyl (C=O) groups excluding carboxylic acids is 1. The van der Waals surface area contributed by atoms with Crippen LogP contribution in [0.25, 0.3) is 17.1 Å². The van der Waals surface area contributed by atoms with Gasteiger partial charge in [0.15, 0.2) is 0 Å². The molecule has 0 spiro atoms. The highest BCUT2D eigenvalue weighted by atomic mass is 16.5. The van der Waals surface area contributed by atoms with E-state index in [0.29, 0.717) is 6.61 Å². The Bertz CT molecular complexity index is 911. The maximum Gasteiger partial charge on any atom is 0.329 e. The molecule has 1 heterocycles. The molecule has 0 aliphatic rings. The molecular formula is C24H29N3O3. The van der Waals surface area contributed by atoms with E-state index in [-0.39, 0.29) is 11.3 Å². The molecule has 0 unspecified atom stereocenters. The van der Waals surface area contributed by atoms with Gasteiger partial charge < -0.3 is 9.84 Å². The minimum atomic E-state index is -0.565. The first-order valence-corrected chi connectivity index (χ1v) is 9.87. The van der Waals surface area contributed by atoms with Gasteiger partial charge in [-0.2, -0.15) is 4.57 Å². The van der Waals surface area contributed by atoms with E-state index in [9.17, 15) is 9.90 Å². The van der Waals surface area contributed by atoms with Crippen LogP contribution in [0, 0.1) is 0 Å². The number of para-hydroxylation sites is 1. The molecule has 3 aromatic rings. The van der Waals surface area contributed by atoms with E-state index < -0.39 is 5.97 Å². The van der Waals surface area contributed by atoms with Gasteiger partial charge in [-0.15, -0.1) is 10.4 Å². The maximum atomic E-state index is 10.4. The van der Waals surface area contributed by atoms with Gasteiger partial charge in [0, 0.05) is 11.2 Å². The molecule has 6 nitrogen and oxygen atoms in total. The van der Waals surface area contributed by atoms with Crippen molar-refractivity contribution in [2.24, 2.45) is 0 Å². The summed E-state index contributed by atoms with van der Waals surface area (Å²) in [6.07, 6.45) is 2.99. The Morgan fingerprint density at radius 3 is 2.17 bits per heavy atom. The van der Waals surface area contributed by atoms with Crippen molar-refractivity contribution in [1.29, 1.82) is 0 Å². The molecule has 158 valence electrons. The van der Waals surface area contributed by atoms with Crippen molar-refractivity contribution >= 4 is 5.97 Å². The van der Waals surface area contributed by atoms with Gasteiger partial charge >= 0.3 is 11.8 Å². The molecule has 0 bridgehead atoms. The van der Waals surface area contributed by atoms with Gasteiger partial charge in [0.2, 0.25) is 6.33 Å². The molecule has 0 atom stereocenters. The highest BCUT2D eigenvalue weighted by molar-refractivity contribution is 5.82. The highest BCUT2D eigenvalue weighted by Crippen LogP contribution is 2.18. The zero-order chi connectivity index (χ0) is 22.1. The van der Waals surface area contributed by atoms with E-state index in [1.165, 1.54) is 6.92 Å². The van der Waals surface area contributed by atoms with Crippen LogP contribution >= 0.6 is 0 Å². The van der Waals surface area contributed by atoms with Gasteiger partial charge in [-0.1, -0.05) is 43.3 Å². The number of ether oxygens (including phenoxy) is 1. The van der Waals surface area contributed by atoms with E-state index in [2.05, 4.69) is 60.7 Å². The second-order valence-electron chi connectivity index (χ2n) is 7.63. The number of rotatable bonds is 4. The van der Waals surface area contributed by atoms with E-state index >= 15 is 0 Å². The molecule has 0 fully saturated rings. The summed E-state index contributed by atoms with van der Waals surface area (Å²) in [6.45, 7) is 9.77. The van der Waals surface area contributed by atoms with Crippen LogP contribution in [0.15, 0.2) is 78.8 Å². The summed E-state index contributed by atoms with van der Waals surface area (Å²) < 4.78 is 8.59. The quantitative estimate of drug-likeness (QED) is 0.288. The van der Waals surface area contributed by atoms with Crippen molar-refractivity contribution in [3.8, 4) is 17.1 Å². The fourth-order valence-corrected chi connectivity index (χ4v) is 2.57.